The molecule has 2 rings (SSSR count). The Hall–Kier alpha value is -2.14. The number of amides is 1. The number of aromatic hydroxyl groups is 1. The van der Waals surface area contributed by atoms with Gasteiger partial charge >= 0.3 is 0 Å². The SMILES string of the molecule is C/C(=N/NC(=O)c1ccc(O)cc1)c1ccccc1Br. The van der Waals surface area contributed by atoms with Gasteiger partial charge in [0.15, 0.2) is 0 Å². The lowest BCUT2D eigenvalue weighted by Gasteiger charge is -2.05. The summed E-state index contributed by atoms with van der Waals surface area (Å²) in [7, 11) is 0. The zero-order valence-electron chi connectivity index (χ0n) is 10.8. The number of phenols is 1. The van der Waals surface area contributed by atoms with Crippen LogP contribution in [0.25, 0.3) is 0 Å². The Bertz CT molecular complexity index is 651. The molecule has 0 unspecified atom stereocenters. The number of benzene rings is 2. The van der Waals surface area contributed by atoms with Crippen LogP contribution in [-0.4, -0.2) is 16.7 Å². The number of phenolic OH excluding ortho intramolecular Hbond substituents is 1. The van der Waals surface area contributed by atoms with Crippen molar-refractivity contribution in [3.05, 3.63) is 64.1 Å². The van der Waals surface area contributed by atoms with Crippen LogP contribution in [0.5, 0.6) is 5.75 Å². The first-order valence-corrected chi connectivity index (χ1v) is 6.76. The molecule has 5 heteroatoms. The average molecular weight is 333 g/mol. The molecule has 2 aromatic carbocycles. The van der Waals surface area contributed by atoms with Crippen LogP contribution in [0.4, 0.5) is 0 Å². The Kier molecular flexibility index (Phi) is 4.53. The van der Waals surface area contributed by atoms with E-state index < -0.39 is 0 Å². The summed E-state index contributed by atoms with van der Waals surface area (Å²) in [5.74, 6) is -0.203. The largest absolute Gasteiger partial charge is 0.508 e. The van der Waals surface area contributed by atoms with Crippen molar-refractivity contribution in [2.45, 2.75) is 6.92 Å². The van der Waals surface area contributed by atoms with Crippen molar-refractivity contribution in [2.75, 3.05) is 0 Å². The second kappa shape index (κ2) is 6.34. The molecule has 0 spiro atoms. The summed E-state index contributed by atoms with van der Waals surface area (Å²) >= 11 is 3.44. The second-order valence-corrected chi connectivity index (χ2v) is 5.02. The van der Waals surface area contributed by atoms with Crippen LogP contribution in [-0.2, 0) is 0 Å². The van der Waals surface area contributed by atoms with E-state index >= 15 is 0 Å². The summed E-state index contributed by atoms with van der Waals surface area (Å²) in [5, 5.41) is 13.2. The molecule has 2 N–H and O–H groups in total. The zero-order valence-corrected chi connectivity index (χ0v) is 12.4. The number of rotatable bonds is 3. The third kappa shape index (κ3) is 3.45. The van der Waals surface area contributed by atoms with E-state index in [2.05, 4.69) is 26.5 Å². The summed E-state index contributed by atoms with van der Waals surface area (Å²) in [5.41, 5.74) is 4.54. The third-order valence-corrected chi connectivity index (χ3v) is 3.41. The molecule has 0 saturated carbocycles. The highest BCUT2D eigenvalue weighted by atomic mass is 79.9. The molecule has 0 aliphatic carbocycles. The van der Waals surface area contributed by atoms with E-state index in [-0.39, 0.29) is 11.7 Å². The van der Waals surface area contributed by atoms with Gasteiger partial charge < -0.3 is 5.11 Å². The first-order valence-electron chi connectivity index (χ1n) is 5.96. The predicted octanol–water partition coefficient (Wildman–Crippen LogP) is 3.31. The Morgan fingerprint density at radius 2 is 1.80 bits per heavy atom. The van der Waals surface area contributed by atoms with Crippen LogP contribution >= 0.6 is 15.9 Å². The Morgan fingerprint density at radius 3 is 2.45 bits per heavy atom. The number of carbonyl (C=O) groups is 1. The molecule has 0 aliphatic rings. The van der Waals surface area contributed by atoms with Gasteiger partial charge in [-0.25, -0.2) is 5.43 Å². The van der Waals surface area contributed by atoms with Crippen LogP contribution in [0.15, 0.2) is 58.1 Å². The average Bonchev–Trinajstić information content (AvgIpc) is 2.45. The Morgan fingerprint density at radius 1 is 1.15 bits per heavy atom. The second-order valence-electron chi connectivity index (χ2n) is 4.16. The van der Waals surface area contributed by atoms with Crippen molar-refractivity contribution in [3.8, 4) is 5.75 Å². The summed E-state index contributed by atoms with van der Waals surface area (Å²) in [6.07, 6.45) is 0. The highest BCUT2D eigenvalue weighted by molar-refractivity contribution is 9.10. The number of hydrogen-bond donors (Lipinski definition) is 2. The van der Waals surface area contributed by atoms with E-state index in [0.717, 1.165) is 10.0 Å². The van der Waals surface area contributed by atoms with E-state index in [1.165, 1.54) is 24.3 Å². The maximum atomic E-state index is 11.9. The van der Waals surface area contributed by atoms with Gasteiger partial charge in [0, 0.05) is 15.6 Å². The molecular weight excluding hydrogens is 320 g/mol. The van der Waals surface area contributed by atoms with Gasteiger partial charge in [-0.05, 0) is 37.3 Å². The van der Waals surface area contributed by atoms with Crippen molar-refractivity contribution in [2.24, 2.45) is 5.10 Å². The Labute approximate surface area is 125 Å². The fraction of sp³-hybridized carbons (Fsp3) is 0.0667. The van der Waals surface area contributed by atoms with Gasteiger partial charge in [0.25, 0.3) is 5.91 Å². The fourth-order valence-corrected chi connectivity index (χ4v) is 2.20. The third-order valence-electron chi connectivity index (χ3n) is 2.72. The molecule has 20 heavy (non-hydrogen) atoms. The molecule has 102 valence electrons. The molecule has 2 aromatic rings. The number of nitrogens with zero attached hydrogens (tertiary/aromatic N) is 1. The molecule has 0 heterocycles. The molecular formula is C15H13BrN2O2. The van der Waals surface area contributed by atoms with Crippen LogP contribution in [0, 0.1) is 0 Å². The molecule has 0 fully saturated rings. The number of halogens is 1. The van der Waals surface area contributed by atoms with Gasteiger partial charge in [-0.2, -0.15) is 5.10 Å². The van der Waals surface area contributed by atoms with E-state index in [1.807, 2.05) is 31.2 Å². The molecule has 0 saturated heterocycles. The predicted molar refractivity (Wildman–Crippen MR) is 81.9 cm³/mol. The smallest absolute Gasteiger partial charge is 0.271 e. The fourth-order valence-electron chi connectivity index (χ4n) is 1.63. The topological polar surface area (TPSA) is 61.7 Å². The van der Waals surface area contributed by atoms with Gasteiger partial charge in [-0.15, -0.1) is 0 Å². The highest BCUT2D eigenvalue weighted by Crippen LogP contribution is 2.16. The Balaban J connectivity index is 2.11. The first-order chi connectivity index (χ1) is 9.58. The minimum Gasteiger partial charge on any atom is -0.508 e. The highest BCUT2D eigenvalue weighted by Gasteiger charge is 2.06. The van der Waals surface area contributed by atoms with Crippen LogP contribution < -0.4 is 5.43 Å². The van der Waals surface area contributed by atoms with E-state index in [4.69, 9.17) is 0 Å². The van der Waals surface area contributed by atoms with Crippen molar-refractivity contribution in [1.29, 1.82) is 0 Å². The minimum atomic E-state index is -0.323. The number of hydrazone groups is 1. The molecule has 1 amide bonds. The summed E-state index contributed by atoms with van der Waals surface area (Å²) in [6, 6.07) is 13.6. The lowest BCUT2D eigenvalue weighted by Crippen LogP contribution is -2.19. The lowest BCUT2D eigenvalue weighted by molar-refractivity contribution is 0.0955. The summed E-state index contributed by atoms with van der Waals surface area (Å²) in [6.45, 7) is 1.82. The van der Waals surface area contributed by atoms with Gasteiger partial charge in [0.1, 0.15) is 5.75 Å². The molecule has 0 radical (unpaired) electrons. The maximum absolute atomic E-state index is 11.9. The standard InChI is InChI=1S/C15H13BrN2O2/c1-10(13-4-2-3-5-14(13)16)17-18-15(20)11-6-8-12(19)9-7-11/h2-9,19H,1H3,(H,18,20)/b17-10-. The quantitative estimate of drug-likeness (QED) is 0.669. The number of carbonyl (C=O) groups excluding carboxylic acids is 1. The van der Waals surface area contributed by atoms with E-state index in [0.29, 0.717) is 11.3 Å². The van der Waals surface area contributed by atoms with Crippen LogP contribution in [0.2, 0.25) is 0 Å². The lowest BCUT2D eigenvalue weighted by atomic mass is 10.1. The van der Waals surface area contributed by atoms with Crippen LogP contribution in [0.1, 0.15) is 22.8 Å². The van der Waals surface area contributed by atoms with Gasteiger partial charge in [-0.1, -0.05) is 34.1 Å². The van der Waals surface area contributed by atoms with Crippen molar-refractivity contribution >= 4 is 27.5 Å². The first kappa shape index (κ1) is 14.3. The molecule has 0 atom stereocenters. The minimum absolute atomic E-state index is 0.120. The van der Waals surface area contributed by atoms with Gasteiger partial charge in [0.05, 0.1) is 5.71 Å². The number of hydrogen-bond acceptors (Lipinski definition) is 3. The summed E-state index contributed by atoms with van der Waals surface area (Å²) < 4.78 is 0.917. The van der Waals surface area contributed by atoms with Gasteiger partial charge in [0.2, 0.25) is 0 Å². The monoisotopic (exact) mass is 332 g/mol. The van der Waals surface area contributed by atoms with E-state index in [9.17, 15) is 9.90 Å². The summed E-state index contributed by atoms with van der Waals surface area (Å²) in [4.78, 5) is 11.9. The van der Waals surface area contributed by atoms with Crippen LogP contribution in [0.3, 0.4) is 0 Å². The molecule has 4 nitrogen and oxygen atoms in total. The van der Waals surface area contributed by atoms with E-state index in [1.54, 1.807) is 0 Å². The molecule has 0 aromatic heterocycles. The molecule has 0 aliphatic heterocycles. The van der Waals surface area contributed by atoms with Crippen molar-refractivity contribution in [1.82, 2.24) is 5.43 Å². The van der Waals surface area contributed by atoms with Crippen molar-refractivity contribution < 1.29 is 9.90 Å². The maximum Gasteiger partial charge on any atom is 0.271 e. The zero-order chi connectivity index (χ0) is 14.5. The molecule has 0 bridgehead atoms. The van der Waals surface area contributed by atoms with Crippen molar-refractivity contribution in [3.63, 3.8) is 0 Å². The van der Waals surface area contributed by atoms with Gasteiger partial charge in [-0.3, -0.25) is 4.79 Å². The number of nitrogens with one attached hydrogen (secondary N) is 1. The normalized spacial score (nSPS) is 11.2.